The van der Waals surface area contributed by atoms with E-state index in [1.165, 1.54) is 24.1 Å². The zero-order valence-corrected chi connectivity index (χ0v) is 16.6. The van der Waals surface area contributed by atoms with Crippen LogP contribution >= 0.6 is 12.2 Å². The molecule has 4 nitrogen and oxygen atoms in total. The van der Waals surface area contributed by atoms with Crippen molar-refractivity contribution in [1.82, 2.24) is 10.3 Å². The van der Waals surface area contributed by atoms with Gasteiger partial charge in [0.05, 0.1) is 6.04 Å². The van der Waals surface area contributed by atoms with E-state index in [2.05, 4.69) is 58.6 Å². The van der Waals surface area contributed by atoms with Crippen LogP contribution in [0.25, 0.3) is 0 Å². The molecule has 1 aromatic carbocycles. The lowest BCUT2D eigenvalue weighted by Gasteiger charge is -2.33. The van der Waals surface area contributed by atoms with Crippen molar-refractivity contribution in [2.75, 3.05) is 23.3 Å². The molecule has 5 heteroatoms. The van der Waals surface area contributed by atoms with Crippen molar-refractivity contribution in [2.24, 2.45) is 5.92 Å². The Morgan fingerprint density at radius 3 is 2.65 bits per heavy atom. The molecule has 2 N–H and O–H groups in total. The molecule has 138 valence electrons. The maximum atomic E-state index is 5.42. The maximum Gasteiger partial charge on any atom is 0.172 e. The van der Waals surface area contributed by atoms with Gasteiger partial charge in [-0.05, 0) is 74.2 Å². The quantitative estimate of drug-likeness (QED) is 0.767. The molecule has 0 unspecified atom stereocenters. The van der Waals surface area contributed by atoms with Gasteiger partial charge in [0, 0.05) is 25.0 Å². The summed E-state index contributed by atoms with van der Waals surface area (Å²) in [5.41, 5.74) is 3.67. The van der Waals surface area contributed by atoms with Gasteiger partial charge in [-0.25, -0.2) is 4.98 Å². The van der Waals surface area contributed by atoms with E-state index in [1.807, 2.05) is 25.3 Å². The maximum absolute atomic E-state index is 5.42. The van der Waals surface area contributed by atoms with E-state index < -0.39 is 0 Å². The molecule has 0 saturated carbocycles. The number of hydrogen-bond donors (Lipinski definition) is 2. The zero-order valence-electron chi connectivity index (χ0n) is 15.8. The van der Waals surface area contributed by atoms with Crippen LogP contribution in [0.2, 0.25) is 0 Å². The normalized spacial score (nSPS) is 18.3. The van der Waals surface area contributed by atoms with E-state index >= 15 is 0 Å². The molecule has 3 rings (SSSR count). The van der Waals surface area contributed by atoms with Gasteiger partial charge in [0.25, 0.3) is 0 Å². The molecule has 0 amide bonds. The number of nitrogens with one attached hydrogen (secondary N) is 2. The number of aromatic nitrogens is 1. The molecule has 1 aliphatic heterocycles. The van der Waals surface area contributed by atoms with Crippen LogP contribution in [0.3, 0.4) is 0 Å². The Labute approximate surface area is 162 Å². The summed E-state index contributed by atoms with van der Waals surface area (Å²) in [6.07, 6.45) is 4.46. The predicted molar refractivity (Wildman–Crippen MR) is 114 cm³/mol. The number of thiocarbonyl (C=S) groups is 1. The Balaban J connectivity index is 1.56. The summed E-state index contributed by atoms with van der Waals surface area (Å²) in [4.78, 5) is 6.81. The molecule has 0 bridgehead atoms. The highest BCUT2D eigenvalue weighted by Crippen LogP contribution is 2.24. The molecule has 26 heavy (non-hydrogen) atoms. The van der Waals surface area contributed by atoms with Crippen molar-refractivity contribution in [3.05, 3.63) is 53.7 Å². The third-order valence-electron chi connectivity index (χ3n) is 4.92. The third kappa shape index (κ3) is 4.94. The van der Waals surface area contributed by atoms with Gasteiger partial charge in [-0.1, -0.05) is 25.1 Å². The SMILES string of the molecule is Cc1ccc(NC(=S)N[C@@H](C)c2ccc(N3CCC[C@H](C)C3)cc2)nc1. The fourth-order valence-electron chi connectivity index (χ4n) is 3.37. The Kier molecular flexibility index (Phi) is 6.09. The summed E-state index contributed by atoms with van der Waals surface area (Å²) in [7, 11) is 0. The van der Waals surface area contributed by atoms with Crippen molar-refractivity contribution < 1.29 is 0 Å². The van der Waals surface area contributed by atoms with Crippen molar-refractivity contribution in [2.45, 2.75) is 39.7 Å². The molecule has 1 aromatic heterocycles. The van der Waals surface area contributed by atoms with Gasteiger partial charge in [0.1, 0.15) is 5.82 Å². The molecule has 1 fully saturated rings. The smallest absolute Gasteiger partial charge is 0.172 e. The number of aryl methyl sites for hydroxylation is 1. The molecule has 0 spiro atoms. The lowest BCUT2D eigenvalue weighted by molar-refractivity contribution is 0.447. The third-order valence-corrected chi connectivity index (χ3v) is 5.14. The summed E-state index contributed by atoms with van der Waals surface area (Å²) in [5, 5.41) is 7.06. The molecule has 1 aliphatic rings. The van der Waals surface area contributed by atoms with Crippen LogP contribution in [0.1, 0.15) is 43.9 Å². The van der Waals surface area contributed by atoms with Gasteiger partial charge in [-0.3, -0.25) is 0 Å². The summed E-state index contributed by atoms with van der Waals surface area (Å²) < 4.78 is 0. The van der Waals surface area contributed by atoms with Crippen LogP contribution in [-0.4, -0.2) is 23.2 Å². The number of benzene rings is 1. The van der Waals surface area contributed by atoms with Crippen LogP contribution < -0.4 is 15.5 Å². The van der Waals surface area contributed by atoms with Crippen LogP contribution in [0.4, 0.5) is 11.5 Å². The van der Waals surface area contributed by atoms with E-state index in [9.17, 15) is 0 Å². The van der Waals surface area contributed by atoms with E-state index in [-0.39, 0.29) is 6.04 Å². The second kappa shape index (κ2) is 8.49. The minimum absolute atomic E-state index is 0.134. The molecular weight excluding hydrogens is 340 g/mol. The van der Waals surface area contributed by atoms with Gasteiger partial charge < -0.3 is 15.5 Å². The number of piperidine rings is 1. The van der Waals surface area contributed by atoms with Crippen molar-refractivity contribution in [1.29, 1.82) is 0 Å². The molecule has 1 saturated heterocycles. The highest BCUT2D eigenvalue weighted by molar-refractivity contribution is 7.80. The van der Waals surface area contributed by atoms with Gasteiger partial charge in [-0.15, -0.1) is 0 Å². The van der Waals surface area contributed by atoms with E-state index in [0.717, 1.165) is 30.4 Å². The van der Waals surface area contributed by atoms with Gasteiger partial charge >= 0.3 is 0 Å². The molecular formula is C21H28N4S. The average molecular weight is 369 g/mol. The van der Waals surface area contributed by atoms with Crippen LogP contribution in [0, 0.1) is 12.8 Å². The van der Waals surface area contributed by atoms with Crippen LogP contribution in [0.5, 0.6) is 0 Å². The van der Waals surface area contributed by atoms with E-state index in [0.29, 0.717) is 5.11 Å². The Bertz CT molecular complexity index is 727. The molecule has 0 aliphatic carbocycles. The number of hydrogen-bond acceptors (Lipinski definition) is 3. The largest absolute Gasteiger partial charge is 0.371 e. The first kappa shape index (κ1) is 18.6. The minimum Gasteiger partial charge on any atom is -0.371 e. The summed E-state index contributed by atoms with van der Waals surface area (Å²) in [6, 6.07) is 12.9. The second-order valence-corrected chi connectivity index (χ2v) is 7.73. The Hall–Kier alpha value is -2.14. The fourth-order valence-corrected chi connectivity index (χ4v) is 3.65. The summed E-state index contributed by atoms with van der Waals surface area (Å²) in [5.74, 6) is 1.54. The summed E-state index contributed by atoms with van der Waals surface area (Å²) >= 11 is 5.42. The number of rotatable bonds is 4. The lowest BCUT2D eigenvalue weighted by atomic mass is 9.99. The standard InChI is InChI=1S/C21H28N4S/c1-15-6-11-20(22-13-15)24-21(26)23-17(3)18-7-9-19(10-8-18)25-12-4-5-16(2)14-25/h6-11,13,16-17H,4-5,12,14H2,1-3H3,(H2,22,23,24,26)/t16-,17-/m0/s1. The molecule has 2 heterocycles. The first-order chi connectivity index (χ1) is 12.5. The fraction of sp³-hybridized carbons (Fsp3) is 0.429. The van der Waals surface area contributed by atoms with Gasteiger partial charge in [-0.2, -0.15) is 0 Å². The van der Waals surface area contributed by atoms with Crippen molar-refractivity contribution in [3.8, 4) is 0 Å². The van der Waals surface area contributed by atoms with Crippen LogP contribution in [0.15, 0.2) is 42.6 Å². The average Bonchev–Trinajstić information content (AvgIpc) is 2.64. The second-order valence-electron chi connectivity index (χ2n) is 7.33. The van der Waals surface area contributed by atoms with Crippen LogP contribution in [-0.2, 0) is 0 Å². The number of anilines is 2. The van der Waals surface area contributed by atoms with E-state index in [4.69, 9.17) is 12.2 Å². The van der Waals surface area contributed by atoms with Gasteiger partial charge in [0.2, 0.25) is 0 Å². The topological polar surface area (TPSA) is 40.2 Å². The monoisotopic (exact) mass is 368 g/mol. The van der Waals surface area contributed by atoms with E-state index in [1.54, 1.807) is 0 Å². The predicted octanol–water partition coefficient (Wildman–Crippen LogP) is 4.67. The molecule has 2 atom stereocenters. The van der Waals surface area contributed by atoms with Crippen molar-refractivity contribution >= 4 is 28.8 Å². The highest BCUT2D eigenvalue weighted by Gasteiger charge is 2.17. The zero-order chi connectivity index (χ0) is 18.5. The highest BCUT2D eigenvalue weighted by atomic mass is 32.1. The molecule has 2 aromatic rings. The first-order valence-corrected chi connectivity index (χ1v) is 9.77. The Morgan fingerprint density at radius 1 is 1.23 bits per heavy atom. The number of nitrogens with zero attached hydrogens (tertiary/aromatic N) is 2. The van der Waals surface area contributed by atoms with Gasteiger partial charge in [0.15, 0.2) is 5.11 Å². The summed E-state index contributed by atoms with van der Waals surface area (Å²) in [6.45, 7) is 8.79. The lowest BCUT2D eigenvalue weighted by Crippen LogP contribution is -2.34. The molecule has 0 radical (unpaired) electrons. The minimum atomic E-state index is 0.134. The number of pyridine rings is 1. The van der Waals surface area contributed by atoms with Crippen molar-refractivity contribution in [3.63, 3.8) is 0 Å². The first-order valence-electron chi connectivity index (χ1n) is 9.36. The Morgan fingerprint density at radius 2 is 2.00 bits per heavy atom.